The summed E-state index contributed by atoms with van der Waals surface area (Å²) >= 11 is 0. The molecule has 1 N–H and O–H groups in total. The minimum Gasteiger partial charge on any atom is -0.550 e. The summed E-state index contributed by atoms with van der Waals surface area (Å²) in [6, 6.07) is 0. The van der Waals surface area contributed by atoms with Crippen LogP contribution < -0.4 is 139 Å². The Hall–Kier alpha value is 1.79. The van der Waals surface area contributed by atoms with Crippen molar-refractivity contribution in [3.8, 4) is 0 Å². The van der Waals surface area contributed by atoms with Crippen LogP contribution in [0, 0.1) is 11.3 Å². The summed E-state index contributed by atoms with van der Waals surface area (Å²) in [4.78, 5) is 46.9. The molecule has 2 atom stereocenters. The van der Waals surface area contributed by atoms with Crippen molar-refractivity contribution in [1.82, 2.24) is 0 Å². The van der Waals surface area contributed by atoms with Gasteiger partial charge in [0.05, 0.1) is 23.3 Å². The number of aliphatic carboxylic acids is 4. The maximum atomic E-state index is 12.1. The van der Waals surface area contributed by atoms with E-state index in [1.165, 1.54) is 51.4 Å². The normalized spacial score (nSPS) is 13.1. The van der Waals surface area contributed by atoms with Gasteiger partial charge in [0.25, 0.3) is 10.1 Å². The molecule has 0 saturated heterocycles. The first-order chi connectivity index (χ1) is 17.7. The number of carbonyl (C=O) groups is 4. The average molecular weight is 655 g/mol. The van der Waals surface area contributed by atoms with E-state index in [4.69, 9.17) is 0 Å². The van der Waals surface area contributed by atoms with Gasteiger partial charge in [-0.15, -0.1) is 0 Å². The number of carboxylic acid groups (broad SMARTS) is 4. The minimum atomic E-state index is -6.21. The van der Waals surface area contributed by atoms with Crippen LogP contribution in [-0.4, -0.2) is 41.6 Å². The van der Waals surface area contributed by atoms with Crippen LogP contribution in [0.5, 0.6) is 0 Å². The molecule has 16 heteroatoms. The summed E-state index contributed by atoms with van der Waals surface area (Å²) < 4.78 is 29.6. The molecule has 0 aromatic heterocycles. The van der Waals surface area contributed by atoms with Crippen molar-refractivity contribution in [3.05, 3.63) is 0 Å². The average Bonchev–Trinajstić information content (AvgIpc) is 2.81. The van der Waals surface area contributed by atoms with E-state index in [-0.39, 0.29) is 132 Å². The molecule has 0 radical (unpaired) electrons. The van der Waals surface area contributed by atoms with Gasteiger partial charge < -0.3 is 39.6 Å². The number of rotatable bonds is 24. The number of carbonyl (C=O) groups excluding carboxylic acids is 4. The molecule has 42 heavy (non-hydrogen) atoms. The zero-order chi connectivity index (χ0) is 29.4. The molecule has 0 saturated carbocycles. The van der Waals surface area contributed by atoms with E-state index in [2.05, 4.69) is 6.92 Å². The second kappa shape index (κ2) is 27.9. The van der Waals surface area contributed by atoms with Crippen LogP contribution in [0.15, 0.2) is 0 Å². The molecule has 0 aliphatic heterocycles. The standard InChI is InChI=1S/C26H46O11S.4Na/c1-3-4-5-6-7-8-9-10-11-12-13-14-15-16-17-18-19-20(21(27)28)26(24(33)34,38(35,36)37)25(2,22(29)30)23(31)32;;;;/h20H,3-19H2,1-2H3,(H,27,28)(H,29,30)(H,31,32)(H,33,34)(H,35,36,37);;;;/q;4*+1/p-4. The summed E-state index contributed by atoms with van der Waals surface area (Å²) in [5, 5.41) is 46.9. The van der Waals surface area contributed by atoms with Gasteiger partial charge in [-0.05, 0) is 13.3 Å². The number of unbranched alkanes of at least 4 members (excludes halogenated alkanes) is 15. The molecule has 0 rings (SSSR count). The SMILES string of the molecule is CCCCCCCCCCCCCCCCCCC(C(=O)[O-])C(C(=O)[O-])(C(C)(C(=O)[O-])C(=O)[O-])S(=O)(=O)O.[Na+].[Na+].[Na+].[Na+]. The first-order valence-corrected chi connectivity index (χ1v) is 15.0. The molecule has 0 aromatic carbocycles. The topological polar surface area (TPSA) is 215 Å². The Morgan fingerprint density at radius 1 is 0.595 bits per heavy atom. The number of carboxylic acids is 4. The van der Waals surface area contributed by atoms with E-state index >= 15 is 0 Å². The van der Waals surface area contributed by atoms with Crippen molar-refractivity contribution >= 4 is 34.0 Å². The third kappa shape index (κ3) is 16.1. The Morgan fingerprint density at radius 2 is 0.881 bits per heavy atom. The molecule has 0 fully saturated rings. The van der Waals surface area contributed by atoms with E-state index in [1.54, 1.807) is 0 Å². The largest absolute Gasteiger partial charge is 1.00 e. The Bertz CT molecular complexity index is 873. The van der Waals surface area contributed by atoms with E-state index in [1.807, 2.05) is 0 Å². The zero-order valence-corrected chi connectivity index (χ0v) is 35.4. The van der Waals surface area contributed by atoms with Gasteiger partial charge in [0.15, 0.2) is 4.75 Å². The quantitative estimate of drug-likeness (QED) is 0.0446. The number of hydrogen-bond donors (Lipinski definition) is 1. The van der Waals surface area contributed by atoms with Gasteiger partial charge in [-0.2, -0.15) is 8.42 Å². The maximum absolute atomic E-state index is 12.1. The minimum absolute atomic E-state index is 0. The van der Waals surface area contributed by atoms with Crippen molar-refractivity contribution in [2.75, 3.05) is 0 Å². The van der Waals surface area contributed by atoms with E-state index in [0.717, 1.165) is 32.1 Å². The fraction of sp³-hybridized carbons (Fsp3) is 0.846. The summed E-state index contributed by atoms with van der Waals surface area (Å²) in [6.45, 7) is 2.28. The predicted octanol–water partition coefficient (Wildman–Crippen LogP) is -12.1. The first-order valence-electron chi connectivity index (χ1n) is 13.5. The fourth-order valence-electron chi connectivity index (χ4n) is 5.01. The summed E-state index contributed by atoms with van der Waals surface area (Å²) in [5.74, 6) is -13.6. The zero-order valence-electron chi connectivity index (χ0n) is 26.5. The van der Waals surface area contributed by atoms with Gasteiger partial charge in [0, 0.05) is 11.9 Å². The Morgan fingerprint density at radius 3 is 1.10 bits per heavy atom. The van der Waals surface area contributed by atoms with Gasteiger partial charge in [0.2, 0.25) is 0 Å². The molecule has 0 amide bonds. The maximum Gasteiger partial charge on any atom is 1.00 e. The third-order valence-corrected chi connectivity index (χ3v) is 9.06. The molecule has 11 nitrogen and oxygen atoms in total. The van der Waals surface area contributed by atoms with Gasteiger partial charge >= 0.3 is 118 Å². The summed E-state index contributed by atoms with van der Waals surface area (Å²) in [7, 11) is -6.21. The molecule has 0 spiro atoms. The molecule has 222 valence electrons. The smallest absolute Gasteiger partial charge is 0.550 e. The van der Waals surface area contributed by atoms with Crippen molar-refractivity contribution in [2.24, 2.45) is 11.3 Å². The number of hydrogen-bond acceptors (Lipinski definition) is 10. The van der Waals surface area contributed by atoms with Gasteiger partial charge in [-0.25, -0.2) is 0 Å². The molecular formula is C26H42Na4O11S. The van der Waals surface area contributed by atoms with Crippen LogP contribution in [0.1, 0.15) is 123 Å². The van der Waals surface area contributed by atoms with E-state index < -0.39 is 56.5 Å². The second-order valence-corrected chi connectivity index (χ2v) is 11.8. The summed E-state index contributed by atoms with van der Waals surface area (Å²) in [5.41, 5.74) is -4.00. The second-order valence-electron chi connectivity index (χ2n) is 10.2. The van der Waals surface area contributed by atoms with Crippen molar-refractivity contribution < 1.29 is 171 Å². The first kappa shape index (κ1) is 53.3. The van der Waals surface area contributed by atoms with Crippen LogP contribution in [0.4, 0.5) is 0 Å². The van der Waals surface area contributed by atoms with Crippen LogP contribution in [0.2, 0.25) is 0 Å². The molecular weight excluding hydrogens is 612 g/mol. The molecule has 0 heterocycles. The van der Waals surface area contributed by atoms with E-state index in [0.29, 0.717) is 12.8 Å². The Balaban J connectivity index is -0.00000114. The molecule has 0 bridgehead atoms. The summed E-state index contributed by atoms with van der Waals surface area (Å²) in [6.07, 6.45) is 15.1. The van der Waals surface area contributed by atoms with E-state index in [9.17, 15) is 52.6 Å². The Labute approximate surface area is 339 Å². The van der Waals surface area contributed by atoms with Gasteiger partial charge in [-0.3, -0.25) is 4.55 Å². The van der Waals surface area contributed by atoms with Crippen molar-refractivity contribution in [3.63, 3.8) is 0 Å². The van der Waals surface area contributed by atoms with Crippen molar-refractivity contribution in [1.29, 1.82) is 0 Å². The van der Waals surface area contributed by atoms with Gasteiger partial charge in [-0.1, -0.05) is 110 Å². The molecule has 0 aliphatic carbocycles. The molecule has 0 aromatic rings. The Kier molecular flexibility index (Phi) is 35.3. The molecule has 2 unspecified atom stereocenters. The van der Waals surface area contributed by atoms with Crippen LogP contribution >= 0.6 is 0 Å². The van der Waals surface area contributed by atoms with Crippen molar-refractivity contribution in [2.45, 2.75) is 128 Å². The predicted molar refractivity (Wildman–Crippen MR) is 130 cm³/mol. The van der Waals surface area contributed by atoms with Gasteiger partial charge in [0.1, 0.15) is 0 Å². The van der Waals surface area contributed by atoms with Crippen LogP contribution in [0.25, 0.3) is 0 Å². The molecule has 0 aliphatic rings. The third-order valence-electron chi connectivity index (χ3n) is 7.39. The van der Waals surface area contributed by atoms with Crippen LogP contribution in [-0.2, 0) is 29.3 Å². The fourth-order valence-corrected chi connectivity index (χ4v) is 6.47. The monoisotopic (exact) mass is 654 g/mol. The van der Waals surface area contributed by atoms with Crippen LogP contribution in [0.3, 0.4) is 0 Å².